The Balaban J connectivity index is 2.56. The van der Waals surface area contributed by atoms with Crippen molar-refractivity contribution in [1.29, 1.82) is 0 Å². The standard InChI is InChI=1S/C12H16ClN3O3/c13-9-6-2-1-4-8(9)5-3-7-10(11(14)17)16(15)12(18)19/h1-2,4,6,10H,3,5,7,15H2,(H2,14,17)(H,18,19). The molecule has 1 unspecified atom stereocenters. The number of hydrazine groups is 1. The van der Waals surface area contributed by atoms with E-state index in [9.17, 15) is 9.59 Å². The minimum atomic E-state index is -1.39. The van der Waals surface area contributed by atoms with Crippen molar-refractivity contribution in [3.05, 3.63) is 34.9 Å². The van der Waals surface area contributed by atoms with Crippen molar-refractivity contribution in [3.63, 3.8) is 0 Å². The lowest BCUT2D eigenvalue weighted by atomic mass is 10.0. The molecule has 0 heterocycles. The predicted molar refractivity (Wildman–Crippen MR) is 71.4 cm³/mol. The van der Waals surface area contributed by atoms with Gasteiger partial charge in [-0.15, -0.1) is 0 Å². The summed E-state index contributed by atoms with van der Waals surface area (Å²) >= 11 is 5.99. The molecule has 0 aliphatic heterocycles. The molecule has 0 radical (unpaired) electrons. The van der Waals surface area contributed by atoms with Crippen LogP contribution in [0.25, 0.3) is 0 Å². The van der Waals surface area contributed by atoms with E-state index >= 15 is 0 Å². The van der Waals surface area contributed by atoms with E-state index < -0.39 is 18.0 Å². The van der Waals surface area contributed by atoms with Gasteiger partial charge in [0.05, 0.1) is 0 Å². The Hall–Kier alpha value is -1.79. The Morgan fingerprint density at radius 2 is 2.00 bits per heavy atom. The largest absolute Gasteiger partial charge is 0.464 e. The van der Waals surface area contributed by atoms with Crippen LogP contribution in [0.1, 0.15) is 18.4 Å². The normalized spacial score (nSPS) is 11.9. The molecule has 0 saturated carbocycles. The van der Waals surface area contributed by atoms with Crippen molar-refractivity contribution in [1.82, 2.24) is 5.01 Å². The molecule has 19 heavy (non-hydrogen) atoms. The lowest BCUT2D eigenvalue weighted by Gasteiger charge is -2.21. The molecular formula is C12H16ClN3O3. The summed E-state index contributed by atoms with van der Waals surface area (Å²) in [4.78, 5) is 21.9. The van der Waals surface area contributed by atoms with Gasteiger partial charge in [-0.25, -0.2) is 15.6 Å². The SMILES string of the molecule is NC(=O)C(CCCc1ccccc1Cl)N(N)C(=O)O. The zero-order valence-corrected chi connectivity index (χ0v) is 11.0. The lowest BCUT2D eigenvalue weighted by molar-refractivity contribution is -0.123. The monoisotopic (exact) mass is 285 g/mol. The van der Waals surface area contributed by atoms with Crippen LogP contribution in [0.15, 0.2) is 24.3 Å². The minimum absolute atomic E-state index is 0.253. The van der Waals surface area contributed by atoms with Gasteiger partial charge in [-0.05, 0) is 30.9 Å². The molecule has 2 amide bonds. The Labute approximate surface area is 115 Å². The first-order chi connectivity index (χ1) is 8.93. The van der Waals surface area contributed by atoms with Crippen LogP contribution in [0.3, 0.4) is 0 Å². The number of rotatable bonds is 6. The van der Waals surface area contributed by atoms with Gasteiger partial charge in [0, 0.05) is 5.02 Å². The highest BCUT2D eigenvalue weighted by Gasteiger charge is 2.24. The summed E-state index contributed by atoms with van der Waals surface area (Å²) in [6.07, 6.45) is 0.0417. The second-order valence-electron chi connectivity index (χ2n) is 4.09. The van der Waals surface area contributed by atoms with Crippen LogP contribution in [0, 0.1) is 0 Å². The summed E-state index contributed by atoms with van der Waals surface area (Å²) in [5.41, 5.74) is 6.07. The molecule has 0 aliphatic carbocycles. The van der Waals surface area contributed by atoms with E-state index in [-0.39, 0.29) is 6.42 Å². The van der Waals surface area contributed by atoms with E-state index in [0.29, 0.717) is 22.9 Å². The molecule has 0 bridgehead atoms. The average Bonchev–Trinajstić information content (AvgIpc) is 2.35. The molecule has 1 rings (SSSR count). The van der Waals surface area contributed by atoms with Crippen molar-refractivity contribution >= 4 is 23.6 Å². The second-order valence-corrected chi connectivity index (χ2v) is 4.50. The number of aryl methyl sites for hydroxylation is 1. The van der Waals surface area contributed by atoms with Crippen molar-refractivity contribution in [2.75, 3.05) is 0 Å². The number of carboxylic acid groups (broad SMARTS) is 1. The maximum absolute atomic E-state index is 11.2. The molecule has 1 aromatic rings. The number of carbonyl (C=O) groups excluding carboxylic acids is 1. The summed E-state index contributed by atoms with van der Waals surface area (Å²) in [7, 11) is 0. The number of carbonyl (C=O) groups is 2. The topological polar surface area (TPSA) is 110 Å². The zero-order valence-electron chi connectivity index (χ0n) is 10.3. The van der Waals surface area contributed by atoms with Gasteiger partial charge in [0.25, 0.3) is 0 Å². The number of halogens is 1. The van der Waals surface area contributed by atoms with Crippen LogP contribution >= 0.6 is 11.6 Å². The van der Waals surface area contributed by atoms with Gasteiger partial charge < -0.3 is 10.8 Å². The third-order valence-corrected chi connectivity index (χ3v) is 3.14. The Morgan fingerprint density at radius 1 is 1.37 bits per heavy atom. The fourth-order valence-corrected chi connectivity index (χ4v) is 1.97. The Kier molecular flexibility index (Phi) is 5.59. The van der Waals surface area contributed by atoms with Crippen LogP contribution in [0.4, 0.5) is 4.79 Å². The Bertz CT molecular complexity index is 467. The van der Waals surface area contributed by atoms with E-state index in [1.807, 2.05) is 18.2 Å². The first-order valence-electron chi connectivity index (χ1n) is 5.73. The molecule has 1 aromatic carbocycles. The smallest absolute Gasteiger partial charge is 0.422 e. The zero-order chi connectivity index (χ0) is 14.4. The first kappa shape index (κ1) is 15.3. The maximum atomic E-state index is 11.2. The van der Waals surface area contributed by atoms with Crippen molar-refractivity contribution in [2.45, 2.75) is 25.3 Å². The molecule has 0 fully saturated rings. The van der Waals surface area contributed by atoms with E-state index in [2.05, 4.69) is 0 Å². The van der Waals surface area contributed by atoms with Crippen LogP contribution in [-0.4, -0.2) is 28.2 Å². The summed E-state index contributed by atoms with van der Waals surface area (Å²) < 4.78 is 0. The predicted octanol–water partition coefficient (Wildman–Crippen LogP) is 1.37. The summed E-state index contributed by atoms with van der Waals surface area (Å²) in [6.45, 7) is 0. The molecule has 1 atom stereocenters. The van der Waals surface area contributed by atoms with Gasteiger partial charge in [-0.1, -0.05) is 29.8 Å². The summed E-state index contributed by atoms with van der Waals surface area (Å²) in [5, 5.41) is 9.81. The summed E-state index contributed by atoms with van der Waals surface area (Å²) in [5.74, 6) is 4.52. The third kappa shape index (κ3) is 4.42. The average molecular weight is 286 g/mol. The fourth-order valence-electron chi connectivity index (χ4n) is 1.74. The van der Waals surface area contributed by atoms with E-state index in [1.54, 1.807) is 6.07 Å². The fraction of sp³-hybridized carbons (Fsp3) is 0.333. The number of primary amides is 1. The number of hydrogen-bond donors (Lipinski definition) is 3. The molecule has 0 spiro atoms. The van der Waals surface area contributed by atoms with Gasteiger partial charge in [0.1, 0.15) is 6.04 Å². The lowest BCUT2D eigenvalue weighted by Crippen LogP contribution is -2.51. The van der Waals surface area contributed by atoms with Crippen molar-refractivity contribution in [2.24, 2.45) is 11.6 Å². The maximum Gasteiger partial charge on any atom is 0.422 e. The van der Waals surface area contributed by atoms with Crippen molar-refractivity contribution < 1.29 is 14.7 Å². The molecule has 6 nitrogen and oxygen atoms in total. The molecule has 5 N–H and O–H groups in total. The van der Waals surface area contributed by atoms with Gasteiger partial charge in [0.15, 0.2) is 0 Å². The van der Waals surface area contributed by atoms with Gasteiger partial charge in [0.2, 0.25) is 5.91 Å². The van der Waals surface area contributed by atoms with Gasteiger partial charge >= 0.3 is 6.09 Å². The highest BCUT2D eigenvalue weighted by atomic mass is 35.5. The van der Waals surface area contributed by atoms with E-state index in [4.69, 9.17) is 28.3 Å². The number of nitrogens with zero attached hydrogens (tertiary/aromatic N) is 1. The summed E-state index contributed by atoms with van der Waals surface area (Å²) in [6, 6.07) is 6.30. The van der Waals surface area contributed by atoms with Gasteiger partial charge in [-0.3, -0.25) is 4.79 Å². The quantitative estimate of drug-likeness (QED) is 0.416. The molecule has 104 valence electrons. The van der Waals surface area contributed by atoms with E-state index in [1.165, 1.54) is 0 Å². The third-order valence-electron chi connectivity index (χ3n) is 2.77. The molecular weight excluding hydrogens is 270 g/mol. The number of amides is 2. The van der Waals surface area contributed by atoms with Crippen LogP contribution in [0.5, 0.6) is 0 Å². The Morgan fingerprint density at radius 3 is 2.53 bits per heavy atom. The molecule has 7 heteroatoms. The molecule has 0 saturated heterocycles. The number of benzene rings is 1. The van der Waals surface area contributed by atoms with Crippen molar-refractivity contribution in [3.8, 4) is 0 Å². The highest BCUT2D eigenvalue weighted by molar-refractivity contribution is 6.31. The molecule has 0 aliphatic rings. The van der Waals surface area contributed by atoms with Gasteiger partial charge in [-0.2, -0.15) is 0 Å². The van der Waals surface area contributed by atoms with Crippen LogP contribution in [-0.2, 0) is 11.2 Å². The highest BCUT2D eigenvalue weighted by Crippen LogP contribution is 2.18. The van der Waals surface area contributed by atoms with Crippen LogP contribution < -0.4 is 11.6 Å². The number of nitrogens with two attached hydrogens (primary N) is 2. The number of hydrogen-bond acceptors (Lipinski definition) is 3. The van der Waals surface area contributed by atoms with E-state index in [0.717, 1.165) is 5.56 Å². The van der Waals surface area contributed by atoms with Crippen LogP contribution in [0.2, 0.25) is 5.02 Å². The second kappa shape index (κ2) is 6.96. The minimum Gasteiger partial charge on any atom is -0.464 e. The first-order valence-corrected chi connectivity index (χ1v) is 6.11. The molecule has 0 aromatic heterocycles.